The van der Waals surface area contributed by atoms with Crippen molar-refractivity contribution in [3.8, 4) is 11.1 Å². The van der Waals surface area contributed by atoms with E-state index in [9.17, 15) is 14.4 Å². The number of carbonyl (C=O) groups is 3. The average molecular weight is 420 g/mol. The maximum Gasteiger partial charge on any atom is 0.407 e. The Morgan fingerprint density at radius 3 is 2.13 bits per heavy atom. The van der Waals surface area contributed by atoms with Crippen molar-refractivity contribution in [3.05, 3.63) is 59.7 Å². The monoisotopic (exact) mass is 420 g/mol. The minimum Gasteiger partial charge on any atom is -0.481 e. The summed E-state index contributed by atoms with van der Waals surface area (Å²) < 4.78 is 5.54. The topological polar surface area (TPSA) is 95.9 Å². The van der Waals surface area contributed by atoms with Crippen molar-refractivity contribution in [2.45, 2.75) is 18.8 Å². The van der Waals surface area contributed by atoms with Crippen molar-refractivity contribution in [3.63, 3.8) is 0 Å². The fourth-order valence-corrected chi connectivity index (χ4v) is 4.64. The summed E-state index contributed by atoms with van der Waals surface area (Å²) >= 11 is 0. The van der Waals surface area contributed by atoms with E-state index in [1.54, 1.807) is 4.90 Å². The minimum atomic E-state index is -0.870. The molecule has 2 amide bonds. The molecule has 1 saturated heterocycles. The molecule has 5 rings (SSSR count). The number of nitrogens with zero attached hydrogens (tertiary/aromatic N) is 1. The lowest BCUT2D eigenvalue weighted by atomic mass is 9.96. The average Bonchev–Trinajstić information content (AvgIpc) is 3.46. The number of hydrogen-bond acceptors (Lipinski definition) is 4. The Bertz CT molecular complexity index is 1010. The second-order valence-corrected chi connectivity index (χ2v) is 8.70. The minimum absolute atomic E-state index is 0.0105. The van der Waals surface area contributed by atoms with E-state index < -0.39 is 23.4 Å². The predicted octanol–water partition coefficient (Wildman–Crippen LogP) is 2.85. The van der Waals surface area contributed by atoms with Gasteiger partial charge in [0.2, 0.25) is 5.91 Å². The molecule has 0 radical (unpaired) electrons. The fourth-order valence-electron chi connectivity index (χ4n) is 4.64. The van der Waals surface area contributed by atoms with Crippen LogP contribution >= 0.6 is 0 Å². The van der Waals surface area contributed by atoms with Gasteiger partial charge in [-0.3, -0.25) is 9.59 Å². The van der Waals surface area contributed by atoms with Gasteiger partial charge in [-0.25, -0.2) is 4.79 Å². The van der Waals surface area contributed by atoms with Gasteiger partial charge in [-0.2, -0.15) is 0 Å². The van der Waals surface area contributed by atoms with Crippen LogP contribution in [-0.4, -0.2) is 54.2 Å². The van der Waals surface area contributed by atoms with Gasteiger partial charge in [0.15, 0.2) is 0 Å². The molecule has 0 spiro atoms. The van der Waals surface area contributed by atoms with Crippen LogP contribution in [0.1, 0.15) is 29.9 Å². The number of alkyl carbamates (subject to hydrolysis) is 1. The Morgan fingerprint density at radius 2 is 1.58 bits per heavy atom. The lowest BCUT2D eigenvalue weighted by Gasteiger charge is -2.39. The highest BCUT2D eigenvalue weighted by molar-refractivity contribution is 5.88. The molecule has 0 bridgehead atoms. The zero-order valence-electron chi connectivity index (χ0n) is 17.0. The zero-order chi connectivity index (χ0) is 21.6. The van der Waals surface area contributed by atoms with Crippen LogP contribution in [0.25, 0.3) is 11.1 Å². The zero-order valence-corrected chi connectivity index (χ0v) is 17.0. The normalized spacial score (nSPS) is 18.5. The summed E-state index contributed by atoms with van der Waals surface area (Å²) in [5.41, 5.74) is 4.04. The van der Waals surface area contributed by atoms with Crippen molar-refractivity contribution in [2.75, 3.05) is 26.2 Å². The van der Waals surface area contributed by atoms with Crippen molar-refractivity contribution < 1.29 is 24.2 Å². The molecule has 31 heavy (non-hydrogen) atoms. The van der Waals surface area contributed by atoms with Gasteiger partial charge in [0.1, 0.15) is 6.61 Å². The number of aliphatic carboxylic acids is 1. The van der Waals surface area contributed by atoms with Crippen LogP contribution in [0.5, 0.6) is 0 Å². The third-order valence-corrected chi connectivity index (χ3v) is 6.74. The first-order chi connectivity index (χ1) is 15.0. The van der Waals surface area contributed by atoms with Gasteiger partial charge in [0.05, 0.1) is 11.3 Å². The lowest BCUT2D eigenvalue weighted by Crippen LogP contribution is -2.56. The molecule has 1 heterocycles. The molecular weight excluding hydrogens is 396 g/mol. The molecule has 2 aromatic carbocycles. The first-order valence-corrected chi connectivity index (χ1v) is 10.6. The van der Waals surface area contributed by atoms with Crippen LogP contribution in [0.15, 0.2) is 48.5 Å². The third-order valence-electron chi connectivity index (χ3n) is 6.74. The number of rotatable bonds is 6. The van der Waals surface area contributed by atoms with E-state index in [0.29, 0.717) is 12.8 Å². The Kier molecular flexibility index (Phi) is 4.68. The van der Waals surface area contributed by atoms with E-state index in [0.717, 1.165) is 11.1 Å². The number of nitrogens with one attached hydrogen (secondary N) is 1. The van der Waals surface area contributed by atoms with Crippen LogP contribution < -0.4 is 5.32 Å². The van der Waals surface area contributed by atoms with E-state index in [4.69, 9.17) is 9.84 Å². The number of carboxylic acids is 1. The lowest BCUT2D eigenvalue weighted by molar-refractivity contribution is -0.155. The molecule has 2 aliphatic carbocycles. The molecule has 0 atom stereocenters. The Hall–Kier alpha value is -3.35. The maximum absolute atomic E-state index is 12.7. The van der Waals surface area contributed by atoms with Gasteiger partial charge in [0, 0.05) is 25.6 Å². The van der Waals surface area contributed by atoms with Gasteiger partial charge in [-0.1, -0.05) is 48.5 Å². The summed E-state index contributed by atoms with van der Waals surface area (Å²) in [6, 6.07) is 16.3. The number of ether oxygens (including phenoxy) is 1. The van der Waals surface area contributed by atoms with Gasteiger partial charge >= 0.3 is 12.1 Å². The number of fused-ring (bicyclic) bond motifs is 3. The number of amides is 2. The highest BCUT2D eigenvalue weighted by Gasteiger charge is 2.54. The van der Waals surface area contributed by atoms with Crippen molar-refractivity contribution in [1.29, 1.82) is 0 Å². The van der Waals surface area contributed by atoms with Crippen LogP contribution in [0, 0.1) is 11.3 Å². The van der Waals surface area contributed by atoms with E-state index in [1.165, 1.54) is 11.1 Å². The molecule has 7 heteroatoms. The van der Waals surface area contributed by atoms with Crippen LogP contribution in [-0.2, 0) is 14.3 Å². The van der Waals surface area contributed by atoms with E-state index in [2.05, 4.69) is 29.6 Å². The van der Waals surface area contributed by atoms with E-state index in [1.807, 2.05) is 24.3 Å². The molecule has 2 aromatic rings. The molecule has 0 aromatic heterocycles. The summed E-state index contributed by atoms with van der Waals surface area (Å²) in [4.78, 5) is 37.6. The molecule has 2 fully saturated rings. The first kappa shape index (κ1) is 19.6. The smallest absolute Gasteiger partial charge is 0.407 e. The summed E-state index contributed by atoms with van der Waals surface area (Å²) in [5.74, 6) is -1.42. The second-order valence-electron chi connectivity index (χ2n) is 8.70. The molecule has 1 saturated carbocycles. The van der Waals surface area contributed by atoms with Gasteiger partial charge in [-0.05, 0) is 35.1 Å². The standard InChI is InChI=1S/C24H24N2O5/c27-21(28)15-11-26(12-15)22(29)24(9-10-24)14-25-23(30)31-13-20-18-7-3-1-5-16(18)17-6-2-4-8-19(17)20/h1-8,15,20H,9-14H2,(H,25,30)(H,27,28). The number of likely N-dealkylation sites (tertiary alicyclic amines) is 1. The number of carboxylic acid groups (broad SMARTS) is 1. The first-order valence-electron chi connectivity index (χ1n) is 10.6. The quantitative estimate of drug-likeness (QED) is 0.749. The molecule has 160 valence electrons. The molecule has 1 aliphatic heterocycles. The maximum atomic E-state index is 12.7. The SMILES string of the molecule is O=C(NCC1(C(=O)N2CC(C(=O)O)C2)CC1)OCC1c2ccccc2-c2ccccc21. The van der Waals surface area contributed by atoms with Gasteiger partial charge < -0.3 is 20.1 Å². The largest absolute Gasteiger partial charge is 0.481 e. The van der Waals surface area contributed by atoms with Crippen LogP contribution in [0.2, 0.25) is 0 Å². The summed E-state index contributed by atoms with van der Waals surface area (Å²) in [5, 5.41) is 11.7. The number of benzene rings is 2. The fraction of sp³-hybridized carbons (Fsp3) is 0.375. The van der Waals surface area contributed by atoms with Crippen LogP contribution in [0.3, 0.4) is 0 Å². The molecule has 3 aliphatic rings. The second kappa shape index (κ2) is 7.41. The van der Waals surface area contributed by atoms with Crippen molar-refractivity contribution in [2.24, 2.45) is 11.3 Å². The van der Waals surface area contributed by atoms with Gasteiger partial charge in [-0.15, -0.1) is 0 Å². The Balaban J connectivity index is 1.16. The summed E-state index contributed by atoms with van der Waals surface area (Å²) in [6.07, 6.45) is 0.862. The molecule has 0 unspecified atom stereocenters. The number of carbonyl (C=O) groups excluding carboxylic acids is 2. The Labute approximate surface area is 180 Å². The van der Waals surface area contributed by atoms with Crippen molar-refractivity contribution in [1.82, 2.24) is 10.2 Å². The van der Waals surface area contributed by atoms with Crippen molar-refractivity contribution >= 4 is 18.0 Å². The third kappa shape index (κ3) is 3.44. The molecule has 2 N–H and O–H groups in total. The van der Waals surface area contributed by atoms with Crippen LogP contribution in [0.4, 0.5) is 4.79 Å². The highest BCUT2D eigenvalue weighted by Crippen LogP contribution is 2.48. The summed E-state index contributed by atoms with van der Waals surface area (Å²) in [6.45, 7) is 0.950. The number of hydrogen-bond donors (Lipinski definition) is 2. The van der Waals surface area contributed by atoms with Gasteiger partial charge in [0.25, 0.3) is 0 Å². The summed E-state index contributed by atoms with van der Waals surface area (Å²) in [7, 11) is 0. The highest BCUT2D eigenvalue weighted by atomic mass is 16.5. The molecule has 7 nitrogen and oxygen atoms in total. The van der Waals surface area contributed by atoms with E-state index >= 15 is 0 Å². The van der Waals surface area contributed by atoms with E-state index in [-0.39, 0.29) is 38.1 Å². The molecular formula is C24H24N2O5. The Morgan fingerprint density at radius 1 is 1.00 bits per heavy atom. The predicted molar refractivity (Wildman–Crippen MR) is 112 cm³/mol.